The molecular weight excluding hydrogens is 152 g/mol. The first-order chi connectivity index (χ1) is 5.65. The average molecular weight is 168 g/mol. The molecule has 0 aromatic carbocycles. The van der Waals surface area contributed by atoms with Crippen molar-refractivity contribution in [2.75, 3.05) is 6.61 Å². The fourth-order valence-electron chi connectivity index (χ4n) is 1.28. The molecule has 2 heteroatoms. The minimum absolute atomic E-state index is 0.138. The molecule has 0 spiro atoms. The molecule has 0 aliphatic rings. The van der Waals surface area contributed by atoms with E-state index in [0.29, 0.717) is 5.92 Å². The molecule has 1 heterocycles. The van der Waals surface area contributed by atoms with Gasteiger partial charge in [-0.25, -0.2) is 0 Å². The Morgan fingerprint density at radius 1 is 1.42 bits per heavy atom. The lowest BCUT2D eigenvalue weighted by Gasteiger charge is -2.14. The molecule has 0 fully saturated rings. The second kappa shape index (κ2) is 3.76. The van der Waals surface area contributed by atoms with Crippen LogP contribution in [0.3, 0.4) is 0 Å². The Morgan fingerprint density at radius 2 is 2.08 bits per heavy atom. The predicted octanol–water partition coefficient (Wildman–Crippen LogP) is 2.32. The monoisotopic (exact) mass is 168 g/mol. The van der Waals surface area contributed by atoms with Crippen molar-refractivity contribution < 1.29 is 9.52 Å². The summed E-state index contributed by atoms with van der Waals surface area (Å²) in [6.45, 7) is 6.24. The quantitative estimate of drug-likeness (QED) is 0.751. The summed E-state index contributed by atoms with van der Waals surface area (Å²) in [7, 11) is 0. The third kappa shape index (κ3) is 1.89. The van der Waals surface area contributed by atoms with Crippen LogP contribution in [0.25, 0.3) is 0 Å². The molecule has 0 radical (unpaired) electrons. The first kappa shape index (κ1) is 9.33. The van der Waals surface area contributed by atoms with Crippen LogP contribution in [0.4, 0.5) is 0 Å². The van der Waals surface area contributed by atoms with Gasteiger partial charge in [-0.2, -0.15) is 0 Å². The topological polar surface area (TPSA) is 33.4 Å². The van der Waals surface area contributed by atoms with Crippen molar-refractivity contribution in [1.29, 1.82) is 0 Å². The number of aryl methyl sites for hydroxylation is 1. The lowest BCUT2D eigenvalue weighted by molar-refractivity contribution is 0.218. The second-order valence-electron chi connectivity index (χ2n) is 3.48. The second-order valence-corrected chi connectivity index (χ2v) is 3.48. The van der Waals surface area contributed by atoms with Gasteiger partial charge in [0.05, 0.1) is 6.61 Å². The third-order valence-electron chi connectivity index (χ3n) is 2.13. The number of rotatable bonds is 3. The Balaban J connectivity index is 2.80. The summed E-state index contributed by atoms with van der Waals surface area (Å²) in [6, 6.07) is 3.87. The normalized spacial score (nSPS) is 13.8. The van der Waals surface area contributed by atoms with Crippen LogP contribution in [-0.2, 0) is 0 Å². The molecule has 0 aliphatic carbocycles. The van der Waals surface area contributed by atoms with Crippen molar-refractivity contribution in [3.8, 4) is 0 Å². The minimum atomic E-state index is 0.138. The highest BCUT2D eigenvalue weighted by Gasteiger charge is 2.17. The van der Waals surface area contributed by atoms with Gasteiger partial charge in [0.2, 0.25) is 0 Å². The van der Waals surface area contributed by atoms with Crippen LogP contribution in [0.15, 0.2) is 16.5 Å². The van der Waals surface area contributed by atoms with Gasteiger partial charge in [0, 0.05) is 5.92 Å². The van der Waals surface area contributed by atoms with Gasteiger partial charge in [0.1, 0.15) is 11.5 Å². The summed E-state index contributed by atoms with van der Waals surface area (Å²) in [4.78, 5) is 0. The van der Waals surface area contributed by atoms with E-state index >= 15 is 0 Å². The van der Waals surface area contributed by atoms with Crippen LogP contribution in [0.1, 0.15) is 31.3 Å². The van der Waals surface area contributed by atoms with Gasteiger partial charge in [-0.05, 0) is 25.0 Å². The molecule has 0 amide bonds. The molecule has 1 N–H and O–H groups in total. The van der Waals surface area contributed by atoms with Gasteiger partial charge in [-0.3, -0.25) is 0 Å². The molecule has 2 nitrogen and oxygen atoms in total. The van der Waals surface area contributed by atoms with Gasteiger partial charge in [0.25, 0.3) is 0 Å². The van der Waals surface area contributed by atoms with E-state index in [9.17, 15) is 0 Å². The molecule has 0 bridgehead atoms. The van der Waals surface area contributed by atoms with E-state index in [4.69, 9.17) is 9.52 Å². The highest BCUT2D eigenvalue weighted by molar-refractivity contribution is 5.10. The summed E-state index contributed by atoms with van der Waals surface area (Å²) in [5.41, 5.74) is 0. The lowest BCUT2D eigenvalue weighted by atomic mass is 9.94. The van der Waals surface area contributed by atoms with Gasteiger partial charge in [-0.15, -0.1) is 0 Å². The van der Waals surface area contributed by atoms with Gasteiger partial charge < -0.3 is 9.52 Å². The Labute approximate surface area is 73.2 Å². The number of hydrogen-bond acceptors (Lipinski definition) is 2. The Hall–Kier alpha value is -0.760. The van der Waals surface area contributed by atoms with E-state index in [1.807, 2.05) is 19.1 Å². The van der Waals surface area contributed by atoms with Gasteiger partial charge in [-0.1, -0.05) is 13.8 Å². The van der Waals surface area contributed by atoms with E-state index in [2.05, 4.69) is 13.8 Å². The number of furan rings is 1. The van der Waals surface area contributed by atoms with E-state index in [1.54, 1.807) is 0 Å². The summed E-state index contributed by atoms with van der Waals surface area (Å²) in [5, 5.41) is 9.10. The summed E-state index contributed by atoms with van der Waals surface area (Å²) >= 11 is 0. The van der Waals surface area contributed by atoms with E-state index in [1.165, 1.54) is 0 Å². The zero-order valence-corrected chi connectivity index (χ0v) is 7.87. The molecule has 1 atom stereocenters. The number of aliphatic hydroxyl groups is 1. The molecule has 1 aromatic heterocycles. The van der Waals surface area contributed by atoms with E-state index in [0.717, 1.165) is 11.5 Å². The Kier molecular flexibility index (Phi) is 2.93. The van der Waals surface area contributed by atoms with Crippen LogP contribution in [-0.4, -0.2) is 11.7 Å². The van der Waals surface area contributed by atoms with Crippen molar-refractivity contribution in [2.45, 2.75) is 26.7 Å². The first-order valence-electron chi connectivity index (χ1n) is 4.32. The molecule has 0 aliphatic heterocycles. The molecular formula is C10H16O2. The number of aliphatic hydroxyl groups excluding tert-OH is 1. The molecule has 1 aromatic rings. The maximum atomic E-state index is 9.10. The van der Waals surface area contributed by atoms with Crippen molar-refractivity contribution in [3.05, 3.63) is 23.7 Å². The van der Waals surface area contributed by atoms with Crippen molar-refractivity contribution >= 4 is 0 Å². The lowest BCUT2D eigenvalue weighted by Crippen LogP contribution is -2.09. The zero-order chi connectivity index (χ0) is 9.14. The smallest absolute Gasteiger partial charge is 0.109 e. The molecule has 0 saturated heterocycles. The van der Waals surface area contributed by atoms with Crippen molar-refractivity contribution in [3.63, 3.8) is 0 Å². The zero-order valence-electron chi connectivity index (χ0n) is 7.87. The highest BCUT2D eigenvalue weighted by Crippen LogP contribution is 2.25. The fraction of sp³-hybridized carbons (Fsp3) is 0.600. The van der Waals surface area contributed by atoms with Crippen LogP contribution in [0.5, 0.6) is 0 Å². The molecule has 1 unspecified atom stereocenters. The predicted molar refractivity (Wildman–Crippen MR) is 48.1 cm³/mol. The fourth-order valence-corrected chi connectivity index (χ4v) is 1.28. The summed E-state index contributed by atoms with van der Waals surface area (Å²) in [5.74, 6) is 2.35. The summed E-state index contributed by atoms with van der Waals surface area (Å²) in [6.07, 6.45) is 0. The van der Waals surface area contributed by atoms with Gasteiger partial charge >= 0.3 is 0 Å². The van der Waals surface area contributed by atoms with E-state index in [-0.39, 0.29) is 12.5 Å². The molecule has 68 valence electrons. The highest BCUT2D eigenvalue weighted by atomic mass is 16.3. The van der Waals surface area contributed by atoms with Crippen molar-refractivity contribution in [2.24, 2.45) is 5.92 Å². The van der Waals surface area contributed by atoms with Crippen LogP contribution in [0.2, 0.25) is 0 Å². The van der Waals surface area contributed by atoms with Gasteiger partial charge in [0.15, 0.2) is 0 Å². The Morgan fingerprint density at radius 3 is 2.42 bits per heavy atom. The third-order valence-corrected chi connectivity index (χ3v) is 2.13. The minimum Gasteiger partial charge on any atom is -0.466 e. The van der Waals surface area contributed by atoms with Crippen LogP contribution >= 0.6 is 0 Å². The maximum absolute atomic E-state index is 9.10. The van der Waals surface area contributed by atoms with E-state index < -0.39 is 0 Å². The van der Waals surface area contributed by atoms with Crippen LogP contribution < -0.4 is 0 Å². The number of hydrogen-bond donors (Lipinski definition) is 1. The largest absolute Gasteiger partial charge is 0.466 e. The Bertz CT molecular complexity index is 238. The maximum Gasteiger partial charge on any atom is 0.109 e. The summed E-state index contributed by atoms with van der Waals surface area (Å²) < 4.78 is 5.44. The van der Waals surface area contributed by atoms with Crippen molar-refractivity contribution in [1.82, 2.24) is 0 Å². The molecule has 1 rings (SSSR count). The SMILES string of the molecule is Cc1ccc(C(CO)C(C)C)o1. The molecule has 12 heavy (non-hydrogen) atoms. The molecule has 0 saturated carbocycles. The average Bonchev–Trinajstić information content (AvgIpc) is 2.37. The van der Waals surface area contributed by atoms with Crippen LogP contribution in [0, 0.1) is 12.8 Å². The standard InChI is InChI=1S/C10H16O2/c1-7(2)9(6-11)10-5-4-8(3)12-10/h4-5,7,9,11H,6H2,1-3H3. The first-order valence-corrected chi connectivity index (χ1v) is 4.32.